The summed E-state index contributed by atoms with van der Waals surface area (Å²) in [4.78, 5) is 35.4. The van der Waals surface area contributed by atoms with E-state index in [1.165, 1.54) is 23.1 Å². The minimum atomic E-state index is -0.564. The Morgan fingerprint density at radius 1 is 1.19 bits per heavy atom. The Balaban J connectivity index is 2.20. The molecule has 0 saturated carbocycles. The van der Waals surface area contributed by atoms with Gasteiger partial charge in [0.15, 0.2) is 0 Å². The normalized spacial score (nSPS) is 10.3. The van der Waals surface area contributed by atoms with Gasteiger partial charge in [-0.2, -0.15) is 0 Å². The maximum Gasteiger partial charge on any atom is 0.293 e. The predicted octanol–water partition coefficient (Wildman–Crippen LogP) is 3.41. The van der Waals surface area contributed by atoms with Gasteiger partial charge in [0, 0.05) is 24.4 Å². The van der Waals surface area contributed by atoms with Gasteiger partial charge in [-0.05, 0) is 44.0 Å². The Labute approximate surface area is 151 Å². The van der Waals surface area contributed by atoms with Crippen LogP contribution in [0.2, 0.25) is 0 Å². The van der Waals surface area contributed by atoms with Gasteiger partial charge >= 0.3 is 0 Å². The Bertz CT molecular complexity index is 854. The van der Waals surface area contributed by atoms with Crippen LogP contribution in [-0.4, -0.2) is 30.7 Å². The topological polar surface area (TPSA) is 92.6 Å². The van der Waals surface area contributed by atoms with Crippen LogP contribution in [0.5, 0.6) is 0 Å². The quantitative estimate of drug-likeness (QED) is 0.487. The van der Waals surface area contributed by atoms with Crippen molar-refractivity contribution in [3.63, 3.8) is 0 Å². The summed E-state index contributed by atoms with van der Waals surface area (Å²) in [6.45, 7) is 5.76. The average Bonchev–Trinajstić information content (AvgIpc) is 2.57. The molecule has 2 aromatic carbocycles. The number of carbonyl (C=O) groups excluding carboxylic acids is 2. The maximum absolute atomic E-state index is 12.4. The number of rotatable bonds is 6. The second kappa shape index (κ2) is 7.77. The zero-order valence-corrected chi connectivity index (χ0v) is 15.2. The van der Waals surface area contributed by atoms with E-state index in [9.17, 15) is 19.7 Å². The van der Waals surface area contributed by atoms with Gasteiger partial charge in [-0.3, -0.25) is 19.7 Å². The van der Waals surface area contributed by atoms with Gasteiger partial charge in [0.25, 0.3) is 5.69 Å². The first-order chi connectivity index (χ1) is 12.2. The van der Waals surface area contributed by atoms with E-state index in [-0.39, 0.29) is 29.4 Å². The van der Waals surface area contributed by atoms with E-state index in [0.717, 1.165) is 22.4 Å². The second-order valence-electron chi connectivity index (χ2n) is 6.30. The first-order valence-corrected chi connectivity index (χ1v) is 8.05. The lowest BCUT2D eigenvalue weighted by Gasteiger charge is -2.20. The van der Waals surface area contributed by atoms with Gasteiger partial charge in [0.2, 0.25) is 5.91 Å². The van der Waals surface area contributed by atoms with Gasteiger partial charge in [0.05, 0.1) is 11.5 Å². The molecule has 0 radical (unpaired) electrons. The van der Waals surface area contributed by atoms with Crippen molar-refractivity contribution in [2.45, 2.75) is 20.8 Å². The Hall–Kier alpha value is -3.22. The van der Waals surface area contributed by atoms with Crippen molar-refractivity contribution < 1.29 is 14.5 Å². The van der Waals surface area contributed by atoms with E-state index in [1.807, 2.05) is 32.9 Å². The third-order valence-corrected chi connectivity index (χ3v) is 4.07. The fourth-order valence-electron chi connectivity index (χ4n) is 2.94. The zero-order valence-electron chi connectivity index (χ0n) is 15.2. The van der Waals surface area contributed by atoms with Crippen LogP contribution in [0, 0.1) is 30.9 Å². The highest BCUT2D eigenvalue weighted by Gasteiger charge is 2.20. The summed E-state index contributed by atoms with van der Waals surface area (Å²) >= 11 is 0. The number of nitrogens with one attached hydrogen (secondary N) is 1. The lowest BCUT2D eigenvalue weighted by Crippen LogP contribution is -2.31. The number of aryl methyl sites for hydroxylation is 3. The number of carbonyl (C=O) groups is 2. The average molecular weight is 355 g/mol. The zero-order chi connectivity index (χ0) is 19.4. The molecule has 0 aliphatic heterocycles. The molecule has 1 N–H and O–H groups in total. The van der Waals surface area contributed by atoms with Crippen LogP contribution in [0.25, 0.3) is 0 Å². The molecule has 2 aromatic rings. The molecule has 0 spiro atoms. The first kappa shape index (κ1) is 19.1. The number of benzene rings is 2. The summed E-state index contributed by atoms with van der Waals surface area (Å²) in [5.41, 5.74) is 4.05. The van der Waals surface area contributed by atoms with E-state index in [0.29, 0.717) is 6.29 Å². The smallest absolute Gasteiger partial charge is 0.293 e. The van der Waals surface area contributed by atoms with E-state index in [2.05, 4.69) is 5.32 Å². The lowest BCUT2D eigenvalue weighted by atomic mass is 10.1. The molecule has 1 amide bonds. The molecule has 136 valence electrons. The summed E-state index contributed by atoms with van der Waals surface area (Å²) in [5.74, 6) is -0.281. The standard InChI is InChI=1S/C19H21N3O4/c1-12-7-13(2)19(14(3)8-12)20-18(24)10-21(4)16-6-5-15(11-23)9-17(16)22(25)26/h5-9,11H,10H2,1-4H3,(H,20,24). The highest BCUT2D eigenvalue weighted by Crippen LogP contribution is 2.28. The van der Waals surface area contributed by atoms with Crippen LogP contribution in [0.15, 0.2) is 30.3 Å². The van der Waals surface area contributed by atoms with Gasteiger partial charge < -0.3 is 10.2 Å². The monoisotopic (exact) mass is 355 g/mol. The van der Waals surface area contributed by atoms with Crippen LogP contribution in [-0.2, 0) is 4.79 Å². The minimum absolute atomic E-state index is 0.0615. The largest absolute Gasteiger partial charge is 0.360 e. The van der Waals surface area contributed by atoms with Gasteiger partial charge in [-0.15, -0.1) is 0 Å². The number of anilines is 2. The van der Waals surface area contributed by atoms with Crippen LogP contribution in [0.1, 0.15) is 27.0 Å². The molecule has 0 heterocycles. The molecular weight excluding hydrogens is 334 g/mol. The van der Waals surface area contributed by atoms with Crippen molar-refractivity contribution in [2.24, 2.45) is 0 Å². The summed E-state index contributed by atoms with van der Waals surface area (Å²) < 4.78 is 0. The van der Waals surface area contributed by atoms with Crippen molar-refractivity contribution >= 4 is 29.3 Å². The van der Waals surface area contributed by atoms with Crippen molar-refractivity contribution in [1.29, 1.82) is 0 Å². The first-order valence-electron chi connectivity index (χ1n) is 8.05. The van der Waals surface area contributed by atoms with E-state index < -0.39 is 4.92 Å². The molecule has 0 saturated heterocycles. The number of hydrogen-bond acceptors (Lipinski definition) is 5. The Morgan fingerprint density at radius 2 is 1.81 bits per heavy atom. The maximum atomic E-state index is 12.4. The van der Waals surface area contributed by atoms with E-state index in [4.69, 9.17) is 0 Å². The third-order valence-electron chi connectivity index (χ3n) is 4.07. The van der Waals surface area contributed by atoms with Crippen LogP contribution in [0.4, 0.5) is 17.1 Å². The predicted molar refractivity (Wildman–Crippen MR) is 101 cm³/mol. The van der Waals surface area contributed by atoms with E-state index >= 15 is 0 Å². The molecule has 7 nitrogen and oxygen atoms in total. The number of nitrogens with zero attached hydrogens (tertiary/aromatic N) is 2. The summed E-state index contributed by atoms with van der Waals surface area (Å²) in [7, 11) is 1.59. The van der Waals surface area contributed by atoms with Crippen molar-refractivity contribution in [1.82, 2.24) is 0 Å². The molecule has 0 bridgehead atoms. The Kier molecular flexibility index (Phi) is 5.71. The number of nitro groups is 1. The van der Waals surface area contributed by atoms with Gasteiger partial charge in [-0.1, -0.05) is 17.7 Å². The third kappa shape index (κ3) is 4.24. The van der Waals surface area contributed by atoms with Crippen molar-refractivity contribution in [2.75, 3.05) is 23.8 Å². The molecule has 0 aliphatic rings. The summed E-state index contributed by atoms with van der Waals surface area (Å²) in [6.07, 6.45) is 0.548. The number of aldehydes is 1. The highest BCUT2D eigenvalue weighted by molar-refractivity contribution is 5.96. The second-order valence-corrected chi connectivity index (χ2v) is 6.30. The molecule has 0 aliphatic carbocycles. The van der Waals surface area contributed by atoms with Gasteiger partial charge in [0.1, 0.15) is 12.0 Å². The SMILES string of the molecule is Cc1cc(C)c(NC(=O)CN(C)c2ccc(C=O)cc2[N+](=O)[O-])c(C)c1. The fraction of sp³-hybridized carbons (Fsp3) is 0.263. The molecule has 2 rings (SSSR count). The molecule has 0 fully saturated rings. The molecule has 7 heteroatoms. The van der Waals surface area contributed by atoms with Crippen LogP contribution >= 0.6 is 0 Å². The number of amides is 1. The molecule has 0 unspecified atom stereocenters. The number of likely N-dealkylation sites (N-methyl/N-ethyl adjacent to an activating group) is 1. The Morgan fingerprint density at radius 3 is 2.35 bits per heavy atom. The number of hydrogen-bond donors (Lipinski definition) is 1. The summed E-state index contributed by atoms with van der Waals surface area (Å²) in [6, 6.07) is 8.12. The van der Waals surface area contributed by atoms with Crippen molar-refractivity contribution in [3.05, 3.63) is 62.7 Å². The molecule has 0 aromatic heterocycles. The molecule has 0 atom stereocenters. The summed E-state index contributed by atoms with van der Waals surface area (Å²) in [5, 5.41) is 14.1. The minimum Gasteiger partial charge on any atom is -0.360 e. The van der Waals surface area contributed by atoms with Crippen molar-refractivity contribution in [3.8, 4) is 0 Å². The van der Waals surface area contributed by atoms with Crippen LogP contribution in [0.3, 0.4) is 0 Å². The van der Waals surface area contributed by atoms with Gasteiger partial charge in [-0.25, -0.2) is 0 Å². The molecule has 26 heavy (non-hydrogen) atoms. The molecular formula is C19H21N3O4. The lowest BCUT2D eigenvalue weighted by molar-refractivity contribution is -0.384. The number of nitro benzene ring substituents is 1. The highest BCUT2D eigenvalue weighted by atomic mass is 16.6. The van der Waals surface area contributed by atoms with E-state index in [1.54, 1.807) is 7.05 Å². The fourth-order valence-corrected chi connectivity index (χ4v) is 2.94. The van der Waals surface area contributed by atoms with Crippen LogP contribution < -0.4 is 10.2 Å².